The molecule has 0 spiro atoms. The van der Waals surface area contributed by atoms with Crippen molar-refractivity contribution in [2.24, 2.45) is 10.7 Å². The Morgan fingerprint density at radius 3 is 2.63 bits per heavy atom. The standard InChI is InChI=1S/C9H5NO3.C8H12N2O3S/c11-8-3-1-2-6-5(8)4-7(10-6)9(12)13;9-4-1-2-6-10(7(4)11)5(3-14-6)8(12)13/h1-4H,(H,12,13);4-6H,1-3,9H2,(H,12,13)/t;4-,5-,6?/m.0/s1. The number of hydrogen-bond acceptors (Lipinski definition) is 7. The zero-order chi connectivity index (χ0) is 19.7. The van der Waals surface area contributed by atoms with Crippen molar-refractivity contribution >= 4 is 41.1 Å². The van der Waals surface area contributed by atoms with E-state index >= 15 is 0 Å². The fourth-order valence-corrected chi connectivity index (χ4v) is 4.51. The molecule has 10 heteroatoms. The van der Waals surface area contributed by atoms with E-state index in [0.29, 0.717) is 23.4 Å². The Hall–Kier alpha value is -2.72. The first-order chi connectivity index (χ1) is 12.8. The van der Waals surface area contributed by atoms with Crippen LogP contribution in [-0.4, -0.2) is 67.7 Å². The fraction of sp³-hybridized carbons (Fsp3) is 0.353. The summed E-state index contributed by atoms with van der Waals surface area (Å²) < 4.78 is 0. The van der Waals surface area contributed by atoms with Gasteiger partial charge in [-0.1, -0.05) is 6.08 Å². The number of carboxylic acid groups (broad SMARTS) is 2. The smallest absolute Gasteiger partial charge is 0.354 e. The highest BCUT2D eigenvalue weighted by molar-refractivity contribution is 8.00. The summed E-state index contributed by atoms with van der Waals surface area (Å²) in [7, 11) is 0. The molecule has 2 saturated heterocycles. The third-order valence-corrected chi connectivity index (χ3v) is 5.81. The summed E-state index contributed by atoms with van der Waals surface area (Å²) in [6.07, 6.45) is 7.32. The molecule has 0 saturated carbocycles. The number of fused-ring (bicyclic) bond motifs is 2. The molecule has 0 aromatic carbocycles. The van der Waals surface area contributed by atoms with E-state index in [1.165, 1.54) is 28.8 Å². The second-order valence-corrected chi connectivity index (χ2v) is 7.42. The van der Waals surface area contributed by atoms with Gasteiger partial charge in [-0.25, -0.2) is 14.6 Å². The molecule has 0 aromatic rings. The van der Waals surface area contributed by atoms with Crippen molar-refractivity contribution in [3.63, 3.8) is 0 Å². The Bertz CT molecular complexity index is 844. The molecule has 3 aliphatic heterocycles. The SMILES string of the molecule is N[C@H]1CCC2SC[C@@H](C(=O)O)N2C1=O.O=C(O)C1=NC2=CC=CC(=O)C2=C1. The molecule has 0 radical (unpaired) electrons. The van der Waals surface area contributed by atoms with E-state index in [1.807, 2.05) is 0 Å². The first-order valence-corrected chi connectivity index (χ1v) is 9.23. The minimum atomic E-state index is -1.12. The van der Waals surface area contributed by atoms with Crippen LogP contribution in [0.25, 0.3) is 0 Å². The van der Waals surface area contributed by atoms with Crippen LogP contribution in [0.1, 0.15) is 12.8 Å². The van der Waals surface area contributed by atoms with Gasteiger partial charge in [-0.2, -0.15) is 0 Å². The summed E-state index contributed by atoms with van der Waals surface area (Å²) >= 11 is 1.54. The van der Waals surface area contributed by atoms with Crippen LogP contribution < -0.4 is 5.73 Å². The van der Waals surface area contributed by atoms with E-state index in [9.17, 15) is 19.2 Å². The van der Waals surface area contributed by atoms with E-state index in [0.717, 1.165) is 6.42 Å². The van der Waals surface area contributed by atoms with E-state index in [-0.39, 0.29) is 22.8 Å². The molecular weight excluding hydrogens is 374 g/mol. The van der Waals surface area contributed by atoms with Crippen molar-refractivity contribution in [3.8, 4) is 0 Å². The van der Waals surface area contributed by atoms with E-state index in [4.69, 9.17) is 15.9 Å². The maximum atomic E-state index is 11.6. The zero-order valence-electron chi connectivity index (χ0n) is 14.1. The summed E-state index contributed by atoms with van der Waals surface area (Å²) in [4.78, 5) is 49.4. The van der Waals surface area contributed by atoms with Crippen LogP contribution >= 0.6 is 11.8 Å². The van der Waals surface area contributed by atoms with Crippen molar-refractivity contribution in [3.05, 3.63) is 35.6 Å². The number of nitrogens with two attached hydrogens (primary N) is 1. The molecule has 1 unspecified atom stereocenters. The highest BCUT2D eigenvalue weighted by atomic mass is 32.2. The number of carbonyl (C=O) groups is 4. The molecule has 4 rings (SSSR count). The van der Waals surface area contributed by atoms with Gasteiger partial charge < -0.3 is 20.8 Å². The summed E-state index contributed by atoms with van der Waals surface area (Å²) in [5.41, 5.74) is 6.31. The lowest BCUT2D eigenvalue weighted by Crippen LogP contribution is -2.55. The lowest BCUT2D eigenvalue weighted by molar-refractivity contribution is -0.151. The van der Waals surface area contributed by atoms with Crippen molar-refractivity contribution in [1.82, 2.24) is 4.90 Å². The summed E-state index contributed by atoms with van der Waals surface area (Å²) in [6, 6.07) is -1.18. The fourth-order valence-electron chi connectivity index (χ4n) is 3.09. The number of hydrogen-bond donors (Lipinski definition) is 3. The van der Waals surface area contributed by atoms with Crippen molar-refractivity contribution in [1.29, 1.82) is 0 Å². The van der Waals surface area contributed by atoms with E-state index in [2.05, 4.69) is 4.99 Å². The van der Waals surface area contributed by atoms with Crippen molar-refractivity contribution in [2.75, 3.05) is 5.75 Å². The van der Waals surface area contributed by atoms with Gasteiger partial charge in [0.2, 0.25) is 5.91 Å². The first-order valence-electron chi connectivity index (χ1n) is 8.18. The van der Waals surface area contributed by atoms with Crippen LogP contribution in [-0.2, 0) is 19.2 Å². The number of carbonyl (C=O) groups excluding carboxylic acids is 2. The summed E-state index contributed by atoms with van der Waals surface area (Å²) in [5, 5.41) is 17.6. The second-order valence-electron chi connectivity index (χ2n) is 6.21. The van der Waals surface area contributed by atoms with Gasteiger partial charge in [-0.3, -0.25) is 9.59 Å². The van der Waals surface area contributed by atoms with Gasteiger partial charge in [-0.15, -0.1) is 11.8 Å². The van der Waals surface area contributed by atoms with Gasteiger partial charge in [0.25, 0.3) is 0 Å². The van der Waals surface area contributed by atoms with Crippen LogP contribution in [0.2, 0.25) is 0 Å². The van der Waals surface area contributed by atoms with Gasteiger partial charge in [-0.05, 0) is 31.1 Å². The first kappa shape index (κ1) is 19.1. The Morgan fingerprint density at radius 1 is 1.26 bits per heavy atom. The molecule has 1 amide bonds. The largest absolute Gasteiger partial charge is 0.480 e. The minimum absolute atomic E-state index is 0.0309. The number of piperidine rings is 1. The number of thioether (sulfide) groups is 1. The number of amides is 1. The van der Waals surface area contributed by atoms with E-state index in [1.54, 1.807) is 12.2 Å². The third-order valence-electron chi connectivity index (χ3n) is 4.46. The molecular formula is C17H17N3O6S. The number of nitrogens with zero attached hydrogens (tertiary/aromatic N) is 2. The lowest BCUT2D eigenvalue weighted by Gasteiger charge is -2.34. The number of aliphatic carboxylic acids is 2. The molecule has 3 atom stereocenters. The maximum Gasteiger partial charge on any atom is 0.354 e. The van der Waals surface area contributed by atoms with Crippen LogP contribution in [0.5, 0.6) is 0 Å². The Kier molecular flexibility index (Phi) is 5.29. The topological polar surface area (TPSA) is 150 Å². The summed E-state index contributed by atoms with van der Waals surface area (Å²) in [5.74, 6) is -1.97. The molecule has 0 aromatic heterocycles. The predicted octanol–water partition coefficient (Wildman–Crippen LogP) is -0.0630. The molecule has 27 heavy (non-hydrogen) atoms. The third kappa shape index (κ3) is 3.71. The highest BCUT2D eigenvalue weighted by Gasteiger charge is 2.45. The van der Waals surface area contributed by atoms with Crippen LogP contribution in [0.15, 0.2) is 40.6 Å². The molecule has 142 valence electrons. The zero-order valence-corrected chi connectivity index (χ0v) is 14.9. The van der Waals surface area contributed by atoms with Crippen molar-refractivity contribution < 1.29 is 29.4 Å². The number of allylic oxidation sites excluding steroid dienone is 4. The monoisotopic (exact) mass is 391 g/mol. The van der Waals surface area contributed by atoms with Crippen LogP contribution in [0, 0.1) is 0 Å². The maximum absolute atomic E-state index is 11.6. The Labute approximate surface area is 158 Å². The second kappa shape index (κ2) is 7.49. The predicted molar refractivity (Wildman–Crippen MR) is 97.1 cm³/mol. The molecule has 4 aliphatic rings. The van der Waals surface area contributed by atoms with Gasteiger partial charge >= 0.3 is 11.9 Å². The number of ketones is 1. The van der Waals surface area contributed by atoms with Crippen LogP contribution in [0.3, 0.4) is 0 Å². The van der Waals surface area contributed by atoms with Crippen molar-refractivity contribution in [2.45, 2.75) is 30.3 Å². The molecule has 3 heterocycles. The van der Waals surface area contributed by atoms with Gasteiger partial charge in [0.05, 0.1) is 17.1 Å². The number of carboxylic acids is 2. The average Bonchev–Trinajstić information content (AvgIpc) is 3.24. The molecule has 9 nitrogen and oxygen atoms in total. The molecule has 2 fully saturated rings. The van der Waals surface area contributed by atoms with Crippen LogP contribution in [0.4, 0.5) is 0 Å². The molecule has 4 N–H and O–H groups in total. The summed E-state index contributed by atoms with van der Waals surface area (Å²) in [6.45, 7) is 0. The normalized spacial score (nSPS) is 28.4. The average molecular weight is 391 g/mol. The van der Waals surface area contributed by atoms with E-state index < -0.39 is 24.0 Å². The Morgan fingerprint density at radius 2 is 2.00 bits per heavy atom. The number of rotatable bonds is 2. The lowest BCUT2D eigenvalue weighted by atomic mass is 10.0. The Balaban J connectivity index is 0.000000156. The van der Waals surface area contributed by atoms with Gasteiger partial charge in [0.1, 0.15) is 11.8 Å². The molecule has 1 aliphatic carbocycles. The highest BCUT2D eigenvalue weighted by Crippen LogP contribution is 2.36. The quantitative estimate of drug-likeness (QED) is 0.592. The number of aliphatic imine (C=N–C) groups is 1. The molecule has 0 bridgehead atoms. The van der Waals surface area contributed by atoms with Gasteiger partial charge in [0.15, 0.2) is 5.78 Å². The van der Waals surface area contributed by atoms with Gasteiger partial charge in [0, 0.05) is 11.3 Å². The minimum Gasteiger partial charge on any atom is -0.480 e.